The first-order valence-corrected chi connectivity index (χ1v) is 12.7. The maximum Gasteiger partial charge on any atom is 0.229 e. The van der Waals surface area contributed by atoms with Crippen LogP contribution >= 0.6 is 0 Å². The van der Waals surface area contributed by atoms with Crippen molar-refractivity contribution in [1.82, 2.24) is 4.90 Å². The van der Waals surface area contributed by atoms with Crippen molar-refractivity contribution in [2.75, 3.05) is 48.7 Å². The van der Waals surface area contributed by atoms with Gasteiger partial charge >= 0.3 is 0 Å². The molecule has 160 valence electrons. The predicted molar refractivity (Wildman–Crippen MR) is 117 cm³/mol. The minimum absolute atomic E-state index is 0.413. The van der Waals surface area contributed by atoms with Gasteiger partial charge < -0.3 is 9.64 Å². The number of nitrogens with zero attached hydrogens (tertiary/aromatic N) is 1. The lowest BCUT2D eigenvalue weighted by Crippen LogP contribution is -2.26. The van der Waals surface area contributed by atoms with Crippen LogP contribution in [0.25, 0.3) is 0 Å². The van der Waals surface area contributed by atoms with Gasteiger partial charge in [-0.2, -0.15) is 0 Å². The Bertz CT molecular complexity index is 1010. The molecule has 0 unspecified atom stereocenters. The van der Waals surface area contributed by atoms with E-state index in [0.29, 0.717) is 30.3 Å². The molecule has 10 heteroatoms. The Morgan fingerprint density at radius 2 is 1.48 bits per heavy atom. The molecule has 0 spiro atoms. The van der Waals surface area contributed by atoms with Gasteiger partial charge in [0.15, 0.2) is 0 Å². The van der Waals surface area contributed by atoms with Crippen molar-refractivity contribution in [2.45, 2.75) is 6.42 Å². The van der Waals surface area contributed by atoms with Crippen molar-refractivity contribution in [3.8, 4) is 5.75 Å². The standard InChI is InChI=1S/C19H27N3O5S2/c1-22(13-12-16-8-10-17(11-9-16)20-28(2,23)24)14-15-27-19-7-5-4-6-18(19)21-29(3,25)26/h4-11,20-21H,12-15H2,1-3H3. The first kappa shape index (κ1) is 23.0. The number of anilines is 2. The van der Waals surface area contributed by atoms with Crippen molar-refractivity contribution < 1.29 is 21.6 Å². The summed E-state index contributed by atoms with van der Waals surface area (Å²) in [5, 5.41) is 0. The molecule has 0 saturated carbocycles. The third-order valence-corrected chi connectivity index (χ3v) is 5.15. The molecule has 0 atom stereocenters. The minimum atomic E-state index is -3.37. The molecule has 0 aliphatic rings. The van der Waals surface area contributed by atoms with Gasteiger partial charge in [-0.15, -0.1) is 0 Å². The summed E-state index contributed by atoms with van der Waals surface area (Å²) in [6.45, 7) is 1.88. The van der Waals surface area contributed by atoms with Crippen molar-refractivity contribution in [3.63, 3.8) is 0 Å². The number of sulfonamides is 2. The molecule has 0 saturated heterocycles. The van der Waals surface area contributed by atoms with Gasteiger partial charge in [-0.05, 0) is 43.3 Å². The van der Waals surface area contributed by atoms with Gasteiger partial charge in [0.2, 0.25) is 20.0 Å². The Morgan fingerprint density at radius 1 is 0.862 bits per heavy atom. The molecule has 0 bridgehead atoms. The van der Waals surface area contributed by atoms with Gasteiger partial charge in [0.25, 0.3) is 0 Å². The molecule has 0 fully saturated rings. The van der Waals surface area contributed by atoms with Crippen molar-refractivity contribution >= 4 is 31.4 Å². The van der Waals surface area contributed by atoms with E-state index in [1.54, 1.807) is 36.4 Å². The predicted octanol–water partition coefficient (Wildman–Crippen LogP) is 1.98. The number of hydrogen-bond acceptors (Lipinski definition) is 6. The van der Waals surface area contributed by atoms with Crippen LogP contribution in [0.2, 0.25) is 0 Å². The number of nitrogens with one attached hydrogen (secondary N) is 2. The number of rotatable bonds is 11. The van der Waals surface area contributed by atoms with Gasteiger partial charge in [0.1, 0.15) is 12.4 Å². The summed E-state index contributed by atoms with van der Waals surface area (Å²) in [7, 11) is -4.67. The summed E-state index contributed by atoms with van der Waals surface area (Å²) in [5.41, 5.74) is 2.05. The summed E-state index contributed by atoms with van der Waals surface area (Å²) in [6.07, 6.45) is 3.02. The molecule has 2 N–H and O–H groups in total. The third-order valence-electron chi connectivity index (χ3n) is 3.95. The van der Waals surface area contributed by atoms with E-state index < -0.39 is 20.0 Å². The first-order valence-electron chi connectivity index (χ1n) is 8.97. The maximum atomic E-state index is 11.4. The molecule has 0 amide bonds. The second-order valence-corrected chi connectivity index (χ2v) is 10.3. The van der Waals surface area contributed by atoms with E-state index in [1.807, 2.05) is 19.2 Å². The van der Waals surface area contributed by atoms with Gasteiger partial charge in [-0.25, -0.2) is 16.8 Å². The molecule has 0 radical (unpaired) electrons. The molecule has 0 aliphatic carbocycles. The largest absolute Gasteiger partial charge is 0.490 e. The summed E-state index contributed by atoms with van der Waals surface area (Å²) in [6, 6.07) is 14.2. The summed E-state index contributed by atoms with van der Waals surface area (Å²) in [5.74, 6) is 0.486. The van der Waals surface area contributed by atoms with Crippen LogP contribution in [0.5, 0.6) is 5.75 Å². The fraction of sp³-hybridized carbons (Fsp3) is 0.368. The van der Waals surface area contributed by atoms with Gasteiger partial charge in [-0.1, -0.05) is 24.3 Å². The van der Waals surface area contributed by atoms with E-state index in [1.165, 1.54) is 0 Å². The van der Waals surface area contributed by atoms with Crippen molar-refractivity contribution in [3.05, 3.63) is 54.1 Å². The highest BCUT2D eigenvalue weighted by Gasteiger charge is 2.08. The zero-order valence-corrected chi connectivity index (χ0v) is 18.4. The molecule has 0 aromatic heterocycles. The second-order valence-electron chi connectivity index (χ2n) is 6.84. The van der Waals surface area contributed by atoms with Crippen molar-refractivity contribution in [1.29, 1.82) is 0 Å². The average Bonchev–Trinajstić information content (AvgIpc) is 2.60. The lowest BCUT2D eigenvalue weighted by molar-refractivity contribution is 0.239. The highest BCUT2D eigenvalue weighted by Crippen LogP contribution is 2.24. The SMILES string of the molecule is CN(CCOc1ccccc1NS(C)(=O)=O)CCc1ccc(NS(C)(=O)=O)cc1. The van der Waals surface area contributed by atoms with E-state index in [4.69, 9.17) is 4.74 Å². The summed E-state index contributed by atoms with van der Waals surface area (Å²) < 4.78 is 55.9. The van der Waals surface area contributed by atoms with Gasteiger partial charge in [0.05, 0.1) is 18.2 Å². The average molecular weight is 442 g/mol. The maximum absolute atomic E-state index is 11.4. The van der Waals surface area contributed by atoms with Crippen LogP contribution in [0.4, 0.5) is 11.4 Å². The third kappa shape index (κ3) is 9.16. The molecule has 8 nitrogen and oxygen atoms in total. The van der Waals surface area contributed by atoms with Crippen LogP contribution < -0.4 is 14.2 Å². The van der Waals surface area contributed by atoms with Crippen LogP contribution in [0.1, 0.15) is 5.56 Å². The Balaban J connectivity index is 1.79. The van der Waals surface area contributed by atoms with Crippen molar-refractivity contribution in [2.24, 2.45) is 0 Å². The number of benzene rings is 2. The fourth-order valence-electron chi connectivity index (χ4n) is 2.57. The number of ether oxygens (including phenoxy) is 1. The lowest BCUT2D eigenvalue weighted by atomic mass is 10.1. The molecule has 29 heavy (non-hydrogen) atoms. The zero-order valence-electron chi connectivity index (χ0n) is 16.8. The van der Waals surface area contributed by atoms with Crippen LogP contribution in [0, 0.1) is 0 Å². The topological polar surface area (TPSA) is 105 Å². The molecular formula is C19H27N3O5S2. The molecule has 2 aromatic carbocycles. The monoisotopic (exact) mass is 441 g/mol. The smallest absolute Gasteiger partial charge is 0.229 e. The van der Waals surface area contributed by atoms with E-state index in [-0.39, 0.29) is 0 Å². The Hall–Kier alpha value is -2.30. The Kier molecular flexibility index (Phi) is 7.88. The van der Waals surface area contributed by atoms with Crippen LogP contribution in [-0.4, -0.2) is 61.0 Å². The van der Waals surface area contributed by atoms with E-state index >= 15 is 0 Å². The molecule has 2 rings (SSSR count). The summed E-state index contributed by atoms with van der Waals surface area (Å²) in [4.78, 5) is 2.11. The normalized spacial score (nSPS) is 12.0. The van der Waals surface area contributed by atoms with Crippen LogP contribution in [-0.2, 0) is 26.5 Å². The first-order chi connectivity index (χ1) is 13.5. The quantitative estimate of drug-likeness (QED) is 0.553. The number of para-hydroxylation sites is 2. The highest BCUT2D eigenvalue weighted by atomic mass is 32.2. The number of hydrogen-bond donors (Lipinski definition) is 2. The Labute approximate surface area is 173 Å². The molecule has 0 aliphatic heterocycles. The number of likely N-dealkylation sites (N-methyl/N-ethyl adjacent to an activating group) is 1. The zero-order chi connectivity index (χ0) is 21.5. The summed E-state index contributed by atoms with van der Waals surface area (Å²) >= 11 is 0. The second kappa shape index (κ2) is 9.95. The van der Waals surface area contributed by atoms with Crippen LogP contribution in [0.15, 0.2) is 48.5 Å². The van der Waals surface area contributed by atoms with E-state index in [9.17, 15) is 16.8 Å². The molecule has 0 heterocycles. The molecule has 2 aromatic rings. The Morgan fingerprint density at radius 3 is 2.10 bits per heavy atom. The van der Waals surface area contributed by atoms with E-state index in [0.717, 1.165) is 31.0 Å². The lowest BCUT2D eigenvalue weighted by Gasteiger charge is -2.18. The molecular weight excluding hydrogens is 414 g/mol. The van der Waals surface area contributed by atoms with Crippen LogP contribution in [0.3, 0.4) is 0 Å². The van der Waals surface area contributed by atoms with E-state index in [2.05, 4.69) is 14.3 Å². The highest BCUT2D eigenvalue weighted by molar-refractivity contribution is 7.92. The van der Waals surface area contributed by atoms with Gasteiger partial charge in [0, 0.05) is 18.8 Å². The minimum Gasteiger partial charge on any atom is -0.490 e. The van der Waals surface area contributed by atoms with Gasteiger partial charge in [-0.3, -0.25) is 9.44 Å². The fourth-order valence-corrected chi connectivity index (χ4v) is 3.71.